The number of ether oxygens (including phenoxy) is 1. The van der Waals surface area contributed by atoms with Crippen LogP contribution < -0.4 is 0 Å². The van der Waals surface area contributed by atoms with Gasteiger partial charge in [0.15, 0.2) is 9.84 Å². The third kappa shape index (κ3) is 3.73. The van der Waals surface area contributed by atoms with Gasteiger partial charge in [-0.2, -0.15) is 0 Å². The molecule has 6 heteroatoms. The van der Waals surface area contributed by atoms with E-state index in [0.717, 1.165) is 12.8 Å². The summed E-state index contributed by atoms with van der Waals surface area (Å²) in [5.41, 5.74) is 0. The zero-order chi connectivity index (χ0) is 14.8. The van der Waals surface area contributed by atoms with E-state index in [9.17, 15) is 13.2 Å². The van der Waals surface area contributed by atoms with Gasteiger partial charge in [-0.05, 0) is 25.7 Å². The highest BCUT2D eigenvalue weighted by molar-refractivity contribution is 7.91. The quantitative estimate of drug-likeness (QED) is 0.769. The number of carbonyl (C=O) groups is 1. The second kappa shape index (κ2) is 6.43. The van der Waals surface area contributed by atoms with Gasteiger partial charge < -0.3 is 9.64 Å². The molecule has 2 aliphatic rings. The van der Waals surface area contributed by atoms with Gasteiger partial charge in [0.2, 0.25) is 0 Å². The van der Waals surface area contributed by atoms with Crippen molar-refractivity contribution in [2.75, 3.05) is 18.6 Å². The van der Waals surface area contributed by atoms with Crippen LogP contribution in [0.4, 0.5) is 0 Å². The van der Waals surface area contributed by atoms with Crippen molar-refractivity contribution in [2.45, 2.75) is 63.7 Å². The molecule has 1 heterocycles. The SMILES string of the molecule is CC[C@@H](OC1CCCC1)C(=O)N(C)[C@H]1CCS(=O)(=O)C1. The van der Waals surface area contributed by atoms with E-state index in [1.165, 1.54) is 12.8 Å². The highest BCUT2D eigenvalue weighted by Gasteiger charge is 2.35. The molecule has 2 fully saturated rings. The highest BCUT2D eigenvalue weighted by atomic mass is 32.2. The summed E-state index contributed by atoms with van der Waals surface area (Å²) in [6.45, 7) is 1.94. The third-order valence-corrected chi connectivity index (χ3v) is 6.16. The molecule has 1 aliphatic carbocycles. The largest absolute Gasteiger partial charge is 0.365 e. The summed E-state index contributed by atoms with van der Waals surface area (Å²) >= 11 is 0. The van der Waals surface area contributed by atoms with E-state index < -0.39 is 15.9 Å². The lowest BCUT2D eigenvalue weighted by molar-refractivity contribution is -0.148. The molecule has 116 valence electrons. The molecule has 1 amide bonds. The van der Waals surface area contributed by atoms with E-state index in [0.29, 0.717) is 12.8 Å². The molecule has 0 bridgehead atoms. The Hall–Kier alpha value is -0.620. The van der Waals surface area contributed by atoms with Crippen molar-refractivity contribution >= 4 is 15.7 Å². The predicted molar refractivity (Wildman–Crippen MR) is 77.2 cm³/mol. The average molecular weight is 303 g/mol. The van der Waals surface area contributed by atoms with Crippen LogP contribution in [0.25, 0.3) is 0 Å². The third-order valence-electron chi connectivity index (χ3n) is 4.41. The molecule has 1 saturated carbocycles. The smallest absolute Gasteiger partial charge is 0.251 e. The normalized spacial score (nSPS) is 27.6. The fraction of sp³-hybridized carbons (Fsp3) is 0.929. The average Bonchev–Trinajstić information content (AvgIpc) is 3.03. The van der Waals surface area contributed by atoms with Crippen molar-refractivity contribution in [3.05, 3.63) is 0 Å². The fourth-order valence-corrected chi connectivity index (χ4v) is 4.85. The van der Waals surface area contributed by atoms with Crippen molar-refractivity contribution in [1.82, 2.24) is 4.90 Å². The zero-order valence-corrected chi connectivity index (χ0v) is 13.2. The molecular weight excluding hydrogens is 278 g/mol. The molecule has 0 unspecified atom stereocenters. The number of sulfone groups is 1. The maximum atomic E-state index is 12.5. The van der Waals surface area contributed by atoms with E-state index in [-0.39, 0.29) is 29.6 Å². The first-order valence-electron chi connectivity index (χ1n) is 7.55. The lowest BCUT2D eigenvalue weighted by Crippen LogP contribution is -2.45. The van der Waals surface area contributed by atoms with Crippen molar-refractivity contribution in [3.8, 4) is 0 Å². The first kappa shape index (κ1) is 15.8. The molecule has 0 radical (unpaired) electrons. The predicted octanol–water partition coefficient (Wildman–Crippen LogP) is 1.37. The van der Waals surface area contributed by atoms with Crippen molar-refractivity contribution in [2.24, 2.45) is 0 Å². The molecular formula is C14H25NO4S. The topological polar surface area (TPSA) is 63.7 Å². The van der Waals surface area contributed by atoms with Crippen molar-refractivity contribution < 1.29 is 17.9 Å². The fourth-order valence-electron chi connectivity index (χ4n) is 3.07. The van der Waals surface area contributed by atoms with E-state index in [1.807, 2.05) is 6.92 Å². The van der Waals surface area contributed by atoms with Crippen molar-refractivity contribution in [3.63, 3.8) is 0 Å². The van der Waals surface area contributed by atoms with Gasteiger partial charge in [-0.1, -0.05) is 19.8 Å². The van der Waals surface area contributed by atoms with Crippen LogP contribution >= 0.6 is 0 Å². The van der Waals surface area contributed by atoms with Gasteiger partial charge in [-0.25, -0.2) is 8.42 Å². The summed E-state index contributed by atoms with van der Waals surface area (Å²) in [7, 11) is -1.26. The van der Waals surface area contributed by atoms with Crippen LogP contribution in [-0.2, 0) is 19.4 Å². The second-order valence-corrected chi connectivity index (χ2v) is 8.17. The minimum Gasteiger partial charge on any atom is -0.365 e. The minimum absolute atomic E-state index is 0.0681. The molecule has 2 atom stereocenters. The van der Waals surface area contributed by atoms with Crippen LogP contribution in [0.3, 0.4) is 0 Å². The molecule has 5 nitrogen and oxygen atoms in total. The molecule has 0 N–H and O–H groups in total. The van der Waals surface area contributed by atoms with Crippen LogP contribution in [0, 0.1) is 0 Å². The zero-order valence-electron chi connectivity index (χ0n) is 12.4. The van der Waals surface area contributed by atoms with E-state index in [1.54, 1.807) is 11.9 Å². The first-order valence-corrected chi connectivity index (χ1v) is 9.37. The Bertz CT molecular complexity index is 442. The highest BCUT2D eigenvalue weighted by Crippen LogP contribution is 2.24. The van der Waals surface area contributed by atoms with Crippen LogP contribution in [0.2, 0.25) is 0 Å². The molecule has 0 aromatic heterocycles. The number of hydrogen-bond acceptors (Lipinski definition) is 4. The molecule has 20 heavy (non-hydrogen) atoms. The summed E-state index contributed by atoms with van der Waals surface area (Å²) in [5, 5.41) is 0. The maximum Gasteiger partial charge on any atom is 0.251 e. The summed E-state index contributed by atoms with van der Waals surface area (Å²) < 4.78 is 28.9. The molecule has 0 aromatic rings. The Morgan fingerprint density at radius 1 is 1.30 bits per heavy atom. The number of nitrogens with zero attached hydrogens (tertiary/aromatic N) is 1. The van der Waals surface area contributed by atoms with Gasteiger partial charge in [0.1, 0.15) is 6.10 Å². The number of carbonyl (C=O) groups excluding carboxylic acids is 1. The molecule has 1 aliphatic heterocycles. The summed E-state index contributed by atoms with van der Waals surface area (Å²) in [6.07, 6.45) is 5.37. The van der Waals surface area contributed by atoms with Crippen LogP contribution in [0.1, 0.15) is 45.4 Å². The first-order chi connectivity index (χ1) is 9.43. The van der Waals surface area contributed by atoms with Gasteiger partial charge >= 0.3 is 0 Å². The number of likely N-dealkylation sites (N-methyl/N-ethyl adjacent to an activating group) is 1. The molecule has 0 aromatic carbocycles. The van der Waals surface area contributed by atoms with E-state index in [2.05, 4.69) is 0 Å². The molecule has 2 rings (SSSR count). The Kier molecular flexibility index (Phi) is 5.07. The Morgan fingerprint density at radius 3 is 2.45 bits per heavy atom. The number of rotatable bonds is 5. The van der Waals surface area contributed by atoms with Crippen LogP contribution in [-0.4, -0.2) is 56.0 Å². The Balaban J connectivity index is 1.93. The van der Waals surface area contributed by atoms with E-state index in [4.69, 9.17) is 4.74 Å². The maximum absolute atomic E-state index is 12.5. The van der Waals surface area contributed by atoms with Gasteiger partial charge in [-0.15, -0.1) is 0 Å². The summed E-state index contributed by atoms with van der Waals surface area (Å²) in [5.74, 6) is 0.214. The van der Waals surface area contributed by atoms with E-state index >= 15 is 0 Å². The van der Waals surface area contributed by atoms with Crippen molar-refractivity contribution in [1.29, 1.82) is 0 Å². The monoisotopic (exact) mass is 303 g/mol. The second-order valence-electron chi connectivity index (χ2n) is 5.95. The van der Waals surface area contributed by atoms with Crippen LogP contribution in [0.5, 0.6) is 0 Å². The summed E-state index contributed by atoms with van der Waals surface area (Å²) in [4.78, 5) is 14.1. The van der Waals surface area contributed by atoms with Crippen LogP contribution in [0.15, 0.2) is 0 Å². The molecule has 0 spiro atoms. The lowest BCUT2D eigenvalue weighted by atomic mass is 10.1. The lowest BCUT2D eigenvalue weighted by Gasteiger charge is -2.29. The molecule has 1 saturated heterocycles. The Morgan fingerprint density at radius 2 is 1.95 bits per heavy atom. The number of amides is 1. The minimum atomic E-state index is -2.96. The standard InChI is InChI=1S/C14H25NO4S/c1-3-13(19-12-6-4-5-7-12)14(16)15(2)11-8-9-20(17,18)10-11/h11-13H,3-10H2,1-2H3/t11-,13+/m0/s1. The summed E-state index contributed by atoms with van der Waals surface area (Å²) in [6, 6.07) is -0.186. The Labute approximate surface area is 121 Å². The number of hydrogen-bond donors (Lipinski definition) is 0. The van der Waals surface area contributed by atoms with Gasteiger partial charge in [-0.3, -0.25) is 4.79 Å². The van der Waals surface area contributed by atoms with Gasteiger partial charge in [0.05, 0.1) is 17.6 Å². The van der Waals surface area contributed by atoms with Gasteiger partial charge in [0, 0.05) is 13.1 Å². The van der Waals surface area contributed by atoms with Gasteiger partial charge in [0.25, 0.3) is 5.91 Å².